The largest absolute Gasteiger partial charge is 0.465 e. The van der Waals surface area contributed by atoms with Crippen molar-refractivity contribution in [3.05, 3.63) is 62.9 Å². The Kier molecular flexibility index (Phi) is 5.76. The number of benzene rings is 2. The van der Waals surface area contributed by atoms with Gasteiger partial charge < -0.3 is 9.30 Å². The lowest BCUT2D eigenvalue weighted by molar-refractivity contribution is -0.143. The van der Waals surface area contributed by atoms with E-state index in [1.54, 1.807) is 47.9 Å². The van der Waals surface area contributed by atoms with Crippen molar-refractivity contribution in [3.63, 3.8) is 0 Å². The van der Waals surface area contributed by atoms with E-state index in [0.717, 1.165) is 4.70 Å². The van der Waals surface area contributed by atoms with Gasteiger partial charge >= 0.3 is 5.97 Å². The molecule has 0 N–H and O–H groups in total. The minimum atomic E-state index is -0.451. The van der Waals surface area contributed by atoms with Gasteiger partial charge in [-0.1, -0.05) is 46.7 Å². The van der Waals surface area contributed by atoms with Gasteiger partial charge in [0.1, 0.15) is 6.54 Å². The van der Waals surface area contributed by atoms with Crippen molar-refractivity contribution in [3.8, 4) is 0 Å². The van der Waals surface area contributed by atoms with E-state index in [1.807, 2.05) is 6.07 Å². The zero-order valence-corrected chi connectivity index (χ0v) is 16.1. The number of ether oxygens (including phenoxy) is 1. The van der Waals surface area contributed by atoms with Crippen LogP contribution >= 0.6 is 34.5 Å². The number of fused-ring (bicyclic) bond motifs is 1. The maximum Gasteiger partial charge on any atom is 0.326 e. The van der Waals surface area contributed by atoms with Gasteiger partial charge in [0.25, 0.3) is 5.91 Å². The number of rotatable bonds is 4. The van der Waals surface area contributed by atoms with E-state index in [0.29, 0.717) is 25.9 Å². The standard InChI is InChI=1S/C18H14Cl2N2O3S/c1-2-25-15(23)10-22-16-13(20)7-4-8-14(16)26-18(22)21-17(24)11-5-3-6-12(19)9-11/h3-9H,2,10H2,1H3. The number of aromatic nitrogens is 1. The molecule has 5 nitrogen and oxygen atoms in total. The maximum atomic E-state index is 12.5. The molecule has 8 heteroatoms. The van der Waals surface area contributed by atoms with Crippen LogP contribution in [0.2, 0.25) is 10.0 Å². The first-order valence-electron chi connectivity index (χ1n) is 7.77. The quantitative estimate of drug-likeness (QED) is 0.604. The molecule has 0 fully saturated rings. The third-order valence-corrected chi connectivity index (χ3v) is 5.10. The fraction of sp³-hybridized carbons (Fsp3) is 0.167. The van der Waals surface area contributed by atoms with Crippen LogP contribution in [0.25, 0.3) is 10.2 Å². The highest BCUT2D eigenvalue weighted by Gasteiger charge is 2.15. The summed E-state index contributed by atoms with van der Waals surface area (Å²) in [5.41, 5.74) is 1.01. The molecule has 0 saturated heterocycles. The summed E-state index contributed by atoms with van der Waals surface area (Å²) in [5, 5.41) is 0.921. The molecule has 2 aromatic carbocycles. The van der Waals surface area contributed by atoms with Crippen LogP contribution < -0.4 is 4.80 Å². The van der Waals surface area contributed by atoms with Crippen LogP contribution in [0.3, 0.4) is 0 Å². The van der Waals surface area contributed by atoms with Crippen molar-refractivity contribution in [2.75, 3.05) is 6.61 Å². The molecule has 3 rings (SSSR count). The van der Waals surface area contributed by atoms with E-state index >= 15 is 0 Å². The Morgan fingerprint density at radius 3 is 2.69 bits per heavy atom. The van der Waals surface area contributed by atoms with Crippen molar-refractivity contribution < 1.29 is 14.3 Å². The zero-order chi connectivity index (χ0) is 18.7. The Bertz CT molecular complexity index is 1060. The lowest BCUT2D eigenvalue weighted by Gasteiger charge is -2.06. The molecule has 0 unspecified atom stereocenters. The second kappa shape index (κ2) is 8.03. The summed E-state index contributed by atoms with van der Waals surface area (Å²) in [4.78, 5) is 29.0. The minimum absolute atomic E-state index is 0.0841. The van der Waals surface area contributed by atoms with Crippen molar-refractivity contribution >= 4 is 56.6 Å². The van der Waals surface area contributed by atoms with Gasteiger partial charge in [0.05, 0.1) is 21.8 Å². The van der Waals surface area contributed by atoms with Gasteiger partial charge in [0.15, 0.2) is 4.80 Å². The van der Waals surface area contributed by atoms with Gasteiger partial charge in [-0.05, 0) is 37.3 Å². The van der Waals surface area contributed by atoms with E-state index in [4.69, 9.17) is 27.9 Å². The molecule has 26 heavy (non-hydrogen) atoms. The van der Waals surface area contributed by atoms with Crippen LogP contribution in [0.5, 0.6) is 0 Å². The van der Waals surface area contributed by atoms with Crippen molar-refractivity contribution in [1.29, 1.82) is 0 Å². The van der Waals surface area contributed by atoms with E-state index in [-0.39, 0.29) is 13.2 Å². The third kappa shape index (κ3) is 3.98. The first kappa shape index (κ1) is 18.6. The summed E-state index contributed by atoms with van der Waals surface area (Å²) in [6.45, 7) is 1.91. The summed E-state index contributed by atoms with van der Waals surface area (Å²) < 4.78 is 7.44. The molecular formula is C18H14Cl2N2O3S. The highest BCUT2D eigenvalue weighted by molar-refractivity contribution is 7.16. The molecule has 3 aromatic rings. The topological polar surface area (TPSA) is 60.7 Å². The second-order valence-electron chi connectivity index (χ2n) is 5.29. The van der Waals surface area contributed by atoms with Crippen LogP contribution in [-0.2, 0) is 16.1 Å². The molecule has 0 bridgehead atoms. The number of thiazole rings is 1. The van der Waals surface area contributed by atoms with Crippen molar-refractivity contribution in [2.24, 2.45) is 4.99 Å². The maximum absolute atomic E-state index is 12.5. The number of carbonyl (C=O) groups is 2. The Hall–Kier alpha value is -2.15. The van der Waals surface area contributed by atoms with Gasteiger partial charge in [-0.3, -0.25) is 9.59 Å². The van der Waals surface area contributed by atoms with Crippen LogP contribution in [0, 0.1) is 0 Å². The van der Waals surface area contributed by atoms with E-state index in [1.165, 1.54) is 11.3 Å². The highest BCUT2D eigenvalue weighted by Crippen LogP contribution is 2.25. The average molecular weight is 409 g/mol. The SMILES string of the molecule is CCOC(=O)Cn1c(=NC(=O)c2cccc(Cl)c2)sc2cccc(Cl)c21. The number of nitrogens with zero attached hydrogens (tertiary/aromatic N) is 2. The van der Waals surface area contributed by atoms with Crippen molar-refractivity contribution in [2.45, 2.75) is 13.5 Å². The number of hydrogen-bond acceptors (Lipinski definition) is 4. The van der Waals surface area contributed by atoms with Crippen LogP contribution in [0.4, 0.5) is 0 Å². The number of hydrogen-bond donors (Lipinski definition) is 0. The third-order valence-electron chi connectivity index (χ3n) is 3.51. The van der Waals surface area contributed by atoms with Gasteiger partial charge in [-0.2, -0.15) is 4.99 Å². The summed E-state index contributed by atoms with van der Waals surface area (Å²) in [6.07, 6.45) is 0. The Balaban J connectivity index is 2.13. The predicted molar refractivity (Wildman–Crippen MR) is 103 cm³/mol. The molecule has 0 aliphatic carbocycles. The number of esters is 1. The molecule has 0 aliphatic rings. The van der Waals surface area contributed by atoms with Gasteiger partial charge in [-0.25, -0.2) is 0 Å². The number of halogens is 2. The summed E-state index contributed by atoms with van der Waals surface area (Å²) >= 11 is 13.5. The fourth-order valence-electron chi connectivity index (χ4n) is 2.43. The molecule has 0 aliphatic heterocycles. The number of para-hydroxylation sites is 1. The second-order valence-corrected chi connectivity index (χ2v) is 7.14. The predicted octanol–water partition coefficient (Wildman–Crippen LogP) is 4.31. The Morgan fingerprint density at radius 1 is 1.19 bits per heavy atom. The molecule has 0 spiro atoms. The number of carbonyl (C=O) groups excluding carboxylic acids is 2. The van der Waals surface area contributed by atoms with E-state index in [9.17, 15) is 9.59 Å². The summed E-state index contributed by atoms with van der Waals surface area (Å²) in [7, 11) is 0. The Labute approximate surface area is 163 Å². The van der Waals surface area contributed by atoms with Gasteiger partial charge in [0.2, 0.25) is 0 Å². The smallest absolute Gasteiger partial charge is 0.326 e. The molecule has 0 saturated carbocycles. The monoisotopic (exact) mass is 408 g/mol. The van der Waals surface area contributed by atoms with Crippen molar-refractivity contribution in [1.82, 2.24) is 4.57 Å². The van der Waals surface area contributed by atoms with Gasteiger partial charge in [0, 0.05) is 10.6 Å². The molecule has 1 heterocycles. The van der Waals surface area contributed by atoms with Crippen LogP contribution in [-0.4, -0.2) is 23.1 Å². The molecule has 1 amide bonds. The molecule has 0 radical (unpaired) electrons. The normalized spacial score (nSPS) is 11.7. The van der Waals surface area contributed by atoms with Crippen LogP contribution in [0.1, 0.15) is 17.3 Å². The van der Waals surface area contributed by atoms with Gasteiger partial charge in [-0.15, -0.1) is 0 Å². The molecule has 134 valence electrons. The first-order valence-corrected chi connectivity index (χ1v) is 9.35. The first-order chi connectivity index (χ1) is 12.5. The minimum Gasteiger partial charge on any atom is -0.465 e. The zero-order valence-electron chi connectivity index (χ0n) is 13.7. The van der Waals surface area contributed by atoms with E-state index in [2.05, 4.69) is 4.99 Å². The lowest BCUT2D eigenvalue weighted by atomic mass is 10.2. The summed E-state index contributed by atoms with van der Waals surface area (Å²) in [6, 6.07) is 11.9. The molecule has 1 aromatic heterocycles. The Morgan fingerprint density at radius 2 is 1.96 bits per heavy atom. The average Bonchev–Trinajstić information content (AvgIpc) is 2.93. The summed E-state index contributed by atoms with van der Waals surface area (Å²) in [5.74, 6) is -0.878. The molecule has 0 atom stereocenters. The lowest BCUT2D eigenvalue weighted by Crippen LogP contribution is -2.23. The van der Waals surface area contributed by atoms with E-state index < -0.39 is 11.9 Å². The fourth-order valence-corrected chi connectivity index (χ4v) is 4.01. The van der Waals surface area contributed by atoms with Crippen LogP contribution in [0.15, 0.2) is 47.5 Å². The molecular weight excluding hydrogens is 395 g/mol. The number of amides is 1. The highest BCUT2D eigenvalue weighted by atomic mass is 35.5.